The van der Waals surface area contributed by atoms with Gasteiger partial charge in [-0.05, 0) is 29.8 Å². The van der Waals surface area contributed by atoms with Crippen molar-refractivity contribution in [2.75, 3.05) is 13.2 Å². The van der Waals surface area contributed by atoms with Gasteiger partial charge in [-0.3, -0.25) is 4.90 Å². The summed E-state index contributed by atoms with van der Waals surface area (Å²) in [7, 11) is 0. The number of hydrogen-bond donors (Lipinski definition) is 1. The Hall–Kier alpha value is -2.34. The van der Waals surface area contributed by atoms with Crippen molar-refractivity contribution in [2.45, 2.75) is 25.8 Å². The zero-order chi connectivity index (χ0) is 17.3. The summed E-state index contributed by atoms with van der Waals surface area (Å²) in [5.74, 6) is 1.63. The summed E-state index contributed by atoms with van der Waals surface area (Å²) in [4.78, 5) is 2.15. The lowest BCUT2D eigenvalue weighted by Crippen LogP contribution is -2.34. The van der Waals surface area contributed by atoms with E-state index >= 15 is 0 Å². The second kappa shape index (κ2) is 9.22. The van der Waals surface area contributed by atoms with Crippen LogP contribution in [0.25, 0.3) is 0 Å². The molecule has 5 heteroatoms. The van der Waals surface area contributed by atoms with Crippen molar-refractivity contribution in [3.63, 3.8) is 0 Å². The Morgan fingerprint density at radius 3 is 2.28 bits per heavy atom. The van der Waals surface area contributed by atoms with Crippen LogP contribution in [-0.2, 0) is 24.4 Å². The van der Waals surface area contributed by atoms with Crippen molar-refractivity contribution >= 4 is 0 Å². The fourth-order valence-electron chi connectivity index (χ4n) is 2.69. The summed E-state index contributed by atoms with van der Waals surface area (Å²) in [6, 6.07) is 17.7. The van der Waals surface area contributed by atoms with E-state index in [-0.39, 0.29) is 6.61 Å². The van der Waals surface area contributed by atoms with Gasteiger partial charge < -0.3 is 18.7 Å². The largest absolute Gasteiger partial charge is 0.468 e. The number of furan rings is 2. The van der Waals surface area contributed by atoms with Crippen LogP contribution in [0.15, 0.2) is 76.0 Å². The lowest BCUT2D eigenvalue weighted by Gasteiger charge is -2.24. The van der Waals surface area contributed by atoms with E-state index in [9.17, 15) is 5.11 Å². The van der Waals surface area contributed by atoms with Crippen LogP contribution in [0.2, 0.25) is 0 Å². The van der Waals surface area contributed by atoms with Crippen molar-refractivity contribution in [1.82, 2.24) is 4.90 Å². The molecule has 0 aliphatic rings. The van der Waals surface area contributed by atoms with Crippen LogP contribution in [-0.4, -0.2) is 29.3 Å². The van der Waals surface area contributed by atoms with Crippen molar-refractivity contribution in [1.29, 1.82) is 0 Å². The molecule has 0 spiro atoms. The van der Waals surface area contributed by atoms with Gasteiger partial charge in [-0.15, -0.1) is 0 Å². The van der Waals surface area contributed by atoms with E-state index in [1.165, 1.54) is 5.56 Å². The topological polar surface area (TPSA) is 59.0 Å². The molecule has 0 amide bonds. The standard InChI is InChI=1S/C20H23NO4/c22-18(15-23-16-20-9-5-11-25-20)13-21(14-19-8-4-10-24-19)12-17-6-2-1-3-7-17/h1-11,18,22H,12-16H2. The van der Waals surface area contributed by atoms with Crippen LogP contribution in [0, 0.1) is 0 Å². The number of nitrogens with zero attached hydrogens (tertiary/aromatic N) is 1. The van der Waals surface area contributed by atoms with Crippen LogP contribution in [0.1, 0.15) is 17.1 Å². The van der Waals surface area contributed by atoms with Gasteiger partial charge in [-0.2, -0.15) is 0 Å². The minimum Gasteiger partial charge on any atom is -0.468 e. The maximum atomic E-state index is 10.3. The summed E-state index contributed by atoms with van der Waals surface area (Å²) in [5.41, 5.74) is 1.19. The molecule has 0 bridgehead atoms. The Labute approximate surface area is 147 Å². The summed E-state index contributed by atoms with van der Waals surface area (Å²) >= 11 is 0. The quantitative estimate of drug-likeness (QED) is 0.612. The molecule has 2 heterocycles. The zero-order valence-electron chi connectivity index (χ0n) is 14.1. The van der Waals surface area contributed by atoms with Gasteiger partial charge in [-0.25, -0.2) is 0 Å². The first-order valence-corrected chi connectivity index (χ1v) is 8.36. The van der Waals surface area contributed by atoms with Gasteiger partial charge in [0.15, 0.2) is 0 Å². The molecular formula is C20H23NO4. The van der Waals surface area contributed by atoms with Gasteiger partial charge in [0.05, 0.1) is 31.8 Å². The predicted molar refractivity (Wildman–Crippen MR) is 93.6 cm³/mol. The molecule has 1 aromatic carbocycles. The molecular weight excluding hydrogens is 318 g/mol. The van der Waals surface area contributed by atoms with Crippen LogP contribution in [0.3, 0.4) is 0 Å². The number of ether oxygens (including phenoxy) is 1. The number of aliphatic hydroxyl groups is 1. The minimum absolute atomic E-state index is 0.254. The maximum Gasteiger partial charge on any atom is 0.129 e. The lowest BCUT2D eigenvalue weighted by molar-refractivity contribution is 0.00163. The Morgan fingerprint density at radius 2 is 1.60 bits per heavy atom. The average Bonchev–Trinajstić information content (AvgIpc) is 3.29. The third-order valence-corrected chi connectivity index (χ3v) is 3.81. The number of aliphatic hydroxyl groups excluding tert-OH is 1. The Kier molecular flexibility index (Phi) is 6.45. The van der Waals surface area contributed by atoms with Crippen LogP contribution >= 0.6 is 0 Å². The second-order valence-corrected chi connectivity index (χ2v) is 5.98. The highest BCUT2D eigenvalue weighted by Crippen LogP contribution is 2.12. The molecule has 25 heavy (non-hydrogen) atoms. The van der Waals surface area contributed by atoms with Gasteiger partial charge in [0, 0.05) is 13.1 Å². The van der Waals surface area contributed by atoms with Gasteiger partial charge in [0.2, 0.25) is 0 Å². The van der Waals surface area contributed by atoms with Crippen LogP contribution in [0.4, 0.5) is 0 Å². The molecule has 0 aliphatic heterocycles. The Morgan fingerprint density at radius 1 is 0.880 bits per heavy atom. The van der Waals surface area contributed by atoms with Crippen molar-refractivity contribution in [3.8, 4) is 0 Å². The van der Waals surface area contributed by atoms with E-state index in [0.29, 0.717) is 19.7 Å². The van der Waals surface area contributed by atoms with E-state index in [4.69, 9.17) is 13.6 Å². The fourth-order valence-corrected chi connectivity index (χ4v) is 2.69. The monoisotopic (exact) mass is 341 g/mol. The molecule has 5 nitrogen and oxygen atoms in total. The molecule has 1 unspecified atom stereocenters. The first kappa shape index (κ1) is 17.5. The van der Waals surface area contributed by atoms with Gasteiger partial charge in [0.25, 0.3) is 0 Å². The molecule has 1 N–H and O–H groups in total. The number of benzene rings is 1. The summed E-state index contributed by atoms with van der Waals surface area (Å²) < 4.78 is 16.2. The Balaban J connectivity index is 1.52. The molecule has 0 saturated heterocycles. The third-order valence-electron chi connectivity index (χ3n) is 3.81. The number of hydrogen-bond acceptors (Lipinski definition) is 5. The molecule has 0 saturated carbocycles. The SMILES string of the molecule is OC(COCc1ccco1)CN(Cc1ccccc1)Cc1ccco1. The van der Waals surface area contributed by atoms with E-state index < -0.39 is 6.10 Å². The first-order chi connectivity index (χ1) is 12.3. The van der Waals surface area contributed by atoms with Crippen molar-refractivity contribution in [2.24, 2.45) is 0 Å². The number of rotatable bonds is 10. The maximum absolute atomic E-state index is 10.3. The Bertz CT molecular complexity index is 695. The first-order valence-electron chi connectivity index (χ1n) is 8.36. The van der Waals surface area contributed by atoms with Crippen molar-refractivity contribution in [3.05, 3.63) is 84.2 Å². The van der Waals surface area contributed by atoms with E-state index in [1.54, 1.807) is 12.5 Å². The van der Waals surface area contributed by atoms with Crippen LogP contribution in [0.5, 0.6) is 0 Å². The summed E-state index contributed by atoms with van der Waals surface area (Å²) in [5, 5.41) is 10.3. The predicted octanol–water partition coefficient (Wildman–Crippen LogP) is 3.45. The highest BCUT2D eigenvalue weighted by atomic mass is 16.5. The van der Waals surface area contributed by atoms with E-state index in [0.717, 1.165) is 18.1 Å². The molecule has 3 aromatic rings. The smallest absolute Gasteiger partial charge is 0.129 e. The van der Waals surface area contributed by atoms with Crippen molar-refractivity contribution < 1.29 is 18.7 Å². The lowest BCUT2D eigenvalue weighted by atomic mass is 10.2. The van der Waals surface area contributed by atoms with Gasteiger partial charge >= 0.3 is 0 Å². The molecule has 2 aromatic heterocycles. The second-order valence-electron chi connectivity index (χ2n) is 5.98. The van der Waals surface area contributed by atoms with E-state index in [2.05, 4.69) is 17.0 Å². The fraction of sp³-hybridized carbons (Fsp3) is 0.300. The molecule has 3 rings (SSSR count). The molecule has 132 valence electrons. The molecule has 0 fully saturated rings. The average molecular weight is 341 g/mol. The summed E-state index contributed by atoms with van der Waals surface area (Å²) in [6.45, 7) is 2.48. The highest BCUT2D eigenvalue weighted by Gasteiger charge is 2.14. The van der Waals surface area contributed by atoms with Gasteiger partial charge in [0.1, 0.15) is 18.1 Å². The highest BCUT2D eigenvalue weighted by molar-refractivity contribution is 5.14. The molecule has 0 radical (unpaired) electrons. The van der Waals surface area contributed by atoms with Crippen LogP contribution < -0.4 is 0 Å². The molecule has 0 aliphatic carbocycles. The molecule has 1 atom stereocenters. The zero-order valence-corrected chi connectivity index (χ0v) is 14.1. The normalized spacial score (nSPS) is 12.6. The van der Waals surface area contributed by atoms with E-state index in [1.807, 2.05) is 42.5 Å². The minimum atomic E-state index is -0.589. The summed E-state index contributed by atoms with van der Waals surface area (Å²) in [6.07, 6.45) is 2.69. The van der Waals surface area contributed by atoms with Gasteiger partial charge in [-0.1, -0.05) is 30.3 Å². The third kappa shape index (κ3) is 5.90.